The number of hydrogen-bond acceptors (Lipinski definition) is 4. The van der Waals surface area contributed by atoms with Crippen molar-refractivity contribution in [3.05, 3.63) is 58.7 Å². The van der Waals surface area contributed by atoms with Crippen molar-refractivity contribution in [2.45, 2.75) is 45.1 Å². The minimum absolute atomic E-state index is 0.123. The van der Waals surface area contributed by atoms with Crippen LogP contribution in [-0.2, 0) is 17.8 Å². The topological polar surface area (TPSA) is 58.1 Å². The van der Waals surface area contributed by atoms with Crippen molar-refractivity contribution < 1.29 is 4.79 Å². The summed E-state index contributed by atoms with van der Waals surface area (Å²) in [6.07, 6.45) is 3.86. The summed E-state index contributed by atoms with van der Waals surface area (Å²) in [5.74, 6) is 1.45. The second-order valence-corrected chi connectivity index (χ2v) is 7.53. The van der Waals surface area contributed by atoms with Gasteiger partial charge in [0.15, 0.2) is 0 Å². The molecular weight excluding hydrogens is 324 g/mol. The Balaban J connectivity index is 1.47. The zero-order chi connectivity index (χ0) is 18.1. The van der Waals surface area contributed by atoms with Crippen LogP contribution in [0.2, 0.25) is 0 Å². The summed E-state index contributed by atoms with van der Waals surface area (Å²) in [5, 5.41) is 3.37. The molecule has 0 radical (unpaired) electrons. The highest BCUT2D eigenvalue weighted by Gasteiger charge is 2.28. The SMILES string of the molecule is Cc1ccc([C@H](C)C(=O)N2CCc3nc([C@H]4CCNC4)ncc3C2)cc1. The van der Waals surface area contributed by atoms with Crippen molar-refractivity contribution in [3.63, 3.8) is 0 Å². The van der Waals surface area contributed by atoms with Gasteiger partial charge in [0.1, 0.15) is 5.82 Å². The molecule has 26 heavy (non-hydrogen) atoms. The van der Waals surface area contributed by atoms with E-state index in [1.54, 1.807) is 0 Å². The lowest BCUT2D eigenvalue weighted by Gasteiger charge is -2.30. The molecule has 2 aromatic rings. The van der Waals surface area contributed by atoms with Gasteiger partial charge in [0.05, 0.1) is 11.6 Å². The normalized spacial score (nSPS) is 20.7. The molecule has 1 N–H and O–H groups in total. The van der Waals surface area contributed by atoms with E-state index in [1.165, 1.54) is 5.56 Å². The minimum Gasteiger partial charge on any atom is -0.337 e. The number of aryl methyl sites for hydroxylation is 1. The van der Waals surface area contributed by atoms with Crippen LogP contribution in [0.5, 0.6) is 0 Å². The standard InChI is InChI=1S/C21H26N4O/c1-14-3-5-16(6-4-14)15(2)21(26)25-10-8-19-18(13-25)12-23-20(24-19)17-7-9-22-11-17/h3-6,12,15,17,22H,7-11,13H2,1-2H3/t15-,17-/m0/s1. The number of nitrogens with zero attached hydrogens (tertiary/aromatic N) is 3. The number of fused-ring (bicyclic) bond motifs is 1. The van der Waals surface area contributed by atoms with Crippen LogP contribution in [0.15, 0.2) is 30.5 Å². The molecule has 2 aliphatic rings. The van der Waals surface area contributed by atoms with Crippen molar-refractivity contribution in [3.8, 4) is 0 Å². The van der Waals surface area contributed by atoms with Crippen LogP contribution < -0.4 is 5.32 Å². The van der Waals surface area contributed by atoms with E-state index < -0.39 is 0 Å². The van der Waals surface area contributed by atoms with Crippen LogP contribution >= 0.6 is 0 Å². The van der Waals surface area contributed by atoms with Crippen LogP contribution in [0.3, 0.4) is 0 Å². The quantitative estimate of drug-likeness (QED) is 0.924. The van der Waals surface area contributed by atoms with Crippen LogP contribution in [0.25, 0.3) is 0 Å². The van der Waals surface area contributed by atoms with Crippen molar-refractivity contribution in [1.82, 2.24) is 20.2 Å². The molecule has 1 aromatic carbocycles. The summed E-state index contributed by atoms with van der Waals surface area (Å²) in [6, 6.07) is 8.25. The molecule has 2 atom stereocenters. The van der Waals surface area contributed by atoms with E-state index in [0.717, 1.165) is 55.1 Å². The Hall–Kier alpha value is -2.27. The third-order valence-electron chi connectivity index (χ3n) is 5.64. The zero-order valence-corrected chi connectivity index (χ0v) is 15.5. The molecule has 0 aliphatic carbocycles. The van der Waals surface area contributed by atoms with Crippen LogP contribution in [0, 0.1) is 6.92 Å². The van der Waals surface area contributed by atoms with E-state index in [2.05, 4.69) is 41.5 Å². The highest BCUT2D eigenvalue weighted by atomic mass is 16.2. The van der Waals surface area contributed by atoms with E-state index >= 15 is 0 Å². The molecule has 136 valence electrons. The summed E-state index contributed by atoms with van der Waals surface area (Å²) in [5.41, 5.74) is 4.50. The Morgan fingerprint density at radius 2 is 2.12 bits per heavy atom. The highest BCUT2D eigenvalue weighted by Crippen LogP contribution is 2.25. The number of nitrogens with one attached hydrogen (secondary N) is 1. The van der Waals surface area contributed by atoms with Gasteiger partial charge in [0.25, 0.3) is 0 Å². The highest BCUT2D eigenvalue weighted by molar-refractivity contribution is 5.83. The van der Waals surface area contributed by atoms with E-state index in [-0.39, 0.29) is 11.8 Å². The number of benzene rings is 1. The van der Waals surface area contributed by atoms with E-state index in [1.807, 2.05) is 18.0 Å². The van der Waals surface area contributed by atoms with Crippen LogP contribution in [0.1, 0.15) is 53.4 Å². The fourth-order valence-corrected chi connectivity index (χ4v) is 3.86. The lowest BCUT2D eigenvalue weighted by molar-refractivity contribution is -0.133. The summed E-state index contributed by atoms with van der Waals surface area (Å²) < 4.78 is 0. The van der Waals surface area contributed by atoms with Crippen LogP contribution in [0.4, 0.5) is 0 Å². The van der Waals surface area contributed by atoms with Gasteiger partial charge < -0.3 is 10.2 Å². The molecule has 1 fully saturated rings. The molecule has 1 amide bonds. The first-order valence-corrected chi connectivity index (χ1v) is 9.52. The average Bonchev–Trinajstić information content (AvgIpc) is 3.21. The fourth-order valence-electron chi connectivity index (χ4n) is 3.86. The van der Waals surface area contributed by atoms with Gasteiger partial charge in [0.2, 0.25) is 5.91 Å². The molecule has 0 spiro atoms. The van der Waals surface area contributed by atoms with Crippen molar-refractivity contribution in [2.24, 2.45) is 0 Å². The first-order chi connectivity index (χ1) is 12.6. The second kappa shape index (κ2) is 7.16. The molecule has 2 aliphatic heterocycles. The first-order valence-electron chi connectivity index (χ1n) is 9.52. The maximum absolute atomic E-state index is 12.9. The van der Waals surface area contributed by atoms with Gasteiger partial charge in [-0.2, -0.15) is 0 Å². The second-order valence-electron chi connectivity index (χ2n) is 7.53. The molecule has 0 bridgehead atoms. The van der Waals surface area contributed by atoms with Gasteiger partial charge in [-0.15, -0.1) is 0 Å². The van der Waals surface area contributed by atoms with Gasteiger partial charge in [-0.05, 0) is 32.4 Å². The van der Waals surface area contributed by atoms with E-state index in [0.29, 0.717) is 12.5 Å². The average molecular weight is 350 g/mol. The van der Waals surface area contributed by atoms with E-state index in [9.17, 15) is 4.79 Å². The lowest BCUT2D eigenvalue weighted by Crippen LogP contribution is -2.39. The fraction of sp³-hybridized carbons (Fsp3) is 0.476. The first kappa shape index (κ1) is 17.2. The number of hydrogen-bond donors (Lipinski definition) is 1. The molecular formula is C21H26N4O. The molecule has 0 saturated carbocycles. The zero-order valence-electron chi connectivity index (χ0n) is 15.5. The van der Waals surface area contributed by atoms with Gasteiger partial charge in [0, 0.05) is 43.7 Å². The summed E-state index contributed by atoms with van der Waals surface area (Å²) >= 11 is 0. The van der Waals surface area contributed by atoms with Gasteiger partial charge in [-0.3, -0.25) is 4.79 Å². The minimum atomic E-state index is -0.123. The Bertz CT molecular complexity index is 796. The molecule has 1 saturated heterocycles. The summed E-state index contributed by atoms with van der Waals surface area (Å²) in [4.78, 5) is 24.3. The van der Waals surface area contributed by atoms with Crippen molar-refractivity contribution >= 4 is 5.91 Å². The number of rotatable bonds is 3. The van der Waals surface area contributed by atoms with Gasteiger partial charge >= 0.3 is 0 Å². The van der Waals surface area contributed by atoms with E-state index in [4.69, 9.17) is 4.98 Å². The Labute approximate surface area is 154 Å². The predicted octanol–water partition coefficient (Wildman–Crippen LogP) is 2.55. The molecule has 5 heteroatoms. The Morgan fingerprint density at radius 3 is 2.85 bits per heavy atom. The van der Waals surface area contributed by atoms with Crippen molar-refractivity contribution in [2.75, 3.05) is 19.6 Å². The number of carbonyl (C=O) groups is 1. The smallest absolute Gasteiger partial charge is 0.230 e. The lowest BCUT2D eigenvalue weighted by atomic mass is 9.97. The largest absolute Gasteiger partial charge is 0.337 e. The number of amides is 1. The Kier molecular flexibility index (Phi) is 4.72. The van der Waals surface area contributed by atoms with Crippen LogP contribution in [-0.4, -0.2) is 40.4 Å². The summed E-state index contributed by atoms with van der Waals surface area (Å²) in [6.45, 7) is 7.43. The number of carbonyl (C=O) groups excluding carboxylic acids is 1. The third kappa shape index (κ3) is 3.36. The van der Waals surface area contributed by atoms with Gasteiger partial charge in [-0.25, -0.2) is 9.97 Å². The molecule has 5 nitrogen and oxygen atoms in total. The number of aromatic nitrogens is 2. The maximum Gasteiger partial charge on any atom is 0.230 e. The maximum atomic E-state index is 12.9. The predicted molar refractivity (Wildman–Crippen MR) is 101 cm³/mol. The molecule has 3 heterocycles. The third-order valence-corrected chi connectivity index (χ3v) is 5.64. The molecule has 0 unspecified atom stereocenters. The monoisotopic (exact) mass is 350 g/mol. The molecule has 1 aromatic heterocycles. The summed E-state index contributed by atoms with van der Waals surface area (Å²) in [7, 11) is 0. The van der Waals surface area contributed by atoms with Gasteiger partial charge in [-0.1, -0.05) is 29.8 Å². The molecule has 4 rings (SSSR count). The Morgan fingerprint density at radius 1 is 1.31 bits per heavy atom. The van der Waals surface area contributed by atoms with Crippen molar-refractivity contribution in [1.29, 1.82) is 0 Å².